The Labute approximate surface area is 134 Å². The van der Waals surface area contributed by atoms with Gasteiger partial charge in [-0.25, -0.2) is 0 Å². The van der Waals surface area contributed by atoms with Crippen molar-refractivity contribution in [3.05, 3.63) is 29.8 Å². The largest absolute Gasteiger partial charge is 0.494 e. The molecule has 21 heavy (non-hydrogen) atoms. The second-order valence-electron chi connectivity index (χ2n) is 6.04. The van der Waals surface area contributed by atoms with Gasteiger partial charge >= 0.3 is 0 Å². The number of ether oxygens (including phenoxy) is 1. The Morgan fingerprint density at radius 2 is 1.90 bits per heavy atom. The maximum absolute atomic E-state index is 5.65. The van der Waals surface area contributed by atoms with Gasteiger partial charge in [0.15, 0.2) is 0 Å². The standard InChI is InChI=1S/C17H26N2O.ClH/c1-2-11-20-17-7-3-14(4-8-17)13-19-15-5-6-16(19)12-18-10-9-15;/h3-4,7-8,15-16,18H,2,5-6,9-13H2,1H3;1H. The summed E-state index contributed by atoms with van der Waals surface area (Å²) >= 11 is 0. The van der Waals surface area contributed by atoms with Crippen LogP contribution in [-0.2, 0) is 6.54 Å². The SMILES string of the molecule is CCCOc1ccc(CN2C3CCNCC2CC3)cc1.Cl. The predicted molar refractivity (Wildman–Crippen MR) is 89.3 cm³/mol. The van der Waals surface area contributed by atoms with Gasteiger partial charge in [0.25, 0.3) is 0 Å². The Morgan fingerprint density at radius 3 is 2.67 bits per heavy atom. The van der Waals surface area contributed by atoms with Crippen LogP contribution in [0, 0.1) is 0 Å². The van der Waals surface area contributed by atoms with Crippen LogP contribution in [-0.4, -0.2) is 36.7 Å². The van der Waals surface area contributed by atoms with E-state index in [0.29, 0.717) is 0 Å². The van der Waals surface area contributed by atoms with E-state index in [1.165, 1.54) is 31.4 Å². The van der Waals surface area contributed by atoms with E-state index in [2.05, 4.69) is 41.4 Å². The molecule has 0 amide bonds. The van der Waals surface area contributed by atoms with Crippen LogP contribution in [0.5, 0.6) is 5.75 Å². The molecule has 0 aromatic heterocycles. The zero-order chi connectivity index (χ0) is 13.8. The van der Waals surface area contributed by atoms with Crippen LogP contribution in [0.1, 0.15) is 38.2 Å². The summed E-state index contributed by atoms with van der Waals surface area (Å²) in [6.45, 7) is 6.37. The van der Waals surface area contributed by atoms with Crippen LogP contribution in [0.25, 0.3) is 0 Å². The number of halogens is 1. The highest BCUT2D eigenvalue weighted by molar-refractivity contribution is 5.85. The third-order valence-corrected chi connectivity index (χ3v) is 4.57. The molecule has 1 aromatic carbocycles. The molecule has 1 N–H and O–H groups in total. The lowest BCUT2D eigenvalue weighted by Gasteiger charge is -2.27. The number of hydrogen-bond donors (Lipinski definition) is 1. The van der Waals surface area contributed by atoms with Crippen molar-refractivity contribution in [2.24, 2.45) is 0 Å². The molecular weight excluding hydrogens is 284 g/mol. The highest BCUT2D eigenvalue weighted by atomic mass is 35.5. The van der Waals surface area contributed by atoms with Crippen molar-refractivity contribution in [3.63, 3.8) is 0 Å². The molecule has 2 saturated heterocycles. The second-order valence-corrected chi connectivity index (χ2v) is 6.04. The molecule has 3 rings (SSSR count). The van der Waals surface area contributed by atoms with E-state index >= 15 is 0 Å². The van der Waals surface area contributed by atoms with Gasteiger partial charge in [-0.05, 0) is 49.9 Å². The molecule has 0 saturated carbocycles. The lowest BCUT2D eigenvalue weighted by atomic mass is 10.1. The summed E-state index contributed by atoms with van der Waals surface area (Å²) in [5.41, 5.74) is 1.41. The molecule has 118 valence electrons. The Hall–Kier alpha value is -0.770. The molecule has 0 spiro atoms. The van der Waals surface area contributed by atoms with Crippen LogP contribution in [0.15, 0.2) is 24.3 Å². The first kappa shape index (κ1) is 16.6. The third-order valence-electron chi connectivity index (χ3n) is 4.57. The number of benzene rings is 1. The minimum atomic E-state index is 0. The van der Waals surface area contributed by atoms with Crippen molar-refractivity contribution in [1.82, 2.24) is 10.2 Å². The van der Waals surface area contributed by atoms with E-state index in [-0.39, 0.29) is 12.4 Å². The molecule has 2 unspecified atom stereocenters. The first-order valence-corrected chi connectivity index (χ1v) is 8.05. The average Bonchev–Trinajstić information content (AvgIpc) is 2.71. The van der Waals surface area contributed by atoms with E-state index in [9.17, 15) is 0 Å². The van der Waals surface area contributed by atoms with Crippen LogP contribution in [0.4, 0.5) is 0 Å². The highest BCUT2D eigenvalue weighted by Gasteiger charge is 2.34. The zero-order valence-electron chi connectivity index (χ0n) is 12.9. The lowest BCUT2D eigenvalue weighted by Crippen LogP contribution is -2.37. The average molecular weight is 311 g/mol. The topological polar surface area (TPSA) is 24.5 Å². The fourth-order valence-electron chi connectivity index (χ4n) is 3.46. The Balaban J connectivity index is 0.00000161. The van der Waals surface area contributed by atoms with Gasteiger partial charge < -0.3 is 10.1 Å². The predicted octanol–water partition coefficient (Wildman–Crippen LogP) is 3.22. The molecule has 4 heteroatoms. The smallest absolute Gasteiger partial charge is 0.119 e. The molecule has 1 aromatic rings. The zero-order valence-corrected chi connectivity index (χ0v) is 13.7. The molecule has 2 bridgehead atoms. The number of fused-ring (bicyclic) bond motifs is 2. The van der Waals surface area contributed by atoms with Crippen molar-refractivity contribution in [3.8, 4) is 5.75 Å². The van der Waals surface area contributed by atoms with Crippen molar-refractivity contribution in [2.75, 3.05) is 19.7 Å². The maximum Gasteiger partial charge on any atom is 0.119 e. The number of nitrogens with zero attached hydrogens (tertiary/aromatic N) is 1. The quantitative estimate of drug-likeness (QED) is 0.903. The van der Waals surface area contributed by atoms with Gasteiger partial charge in [0.05, 0.1) is 6.61 Å². The van der Waals surface area contributed by atoms with Crippen molar-refractivity contribution < 1.29 is 4.74 Å². The van der Waals surface area contributed by atoms with Crippen LogP contribution in [0.2, 0.25) is 0 Å². The molecule has 2 aliphatic rings. The van der Waals surface area contributed by atoms with Gasteiger partial charge in [-0.3, -0.25) is 4.90 Å². The van der Waals surface area contributed by atoms with Crippen LogP contribution < -0.4 is 10.1 Å². The molecule has 2 heterocycles. The molecule has 3 nitrogen and oxygen atoms in total. The van der Waals surface area contributed by atoms with Gasteiger partial charge in [-0.15, -0.1) is 12.4 Å². The molecule has 2 aliphatic heterocycles. The number of rotatable bonds is 5. The van der Waals surface area contributed by atoms with E-state index in [0.717, 1.165) is 44.0 Å². The summed E-state index contributed by atoms with van der Waals surface area (Å²) in [5.74, 6) is 0.996. The molecular formula is C17H27ClN2O. The first-order chi connectivity index (χ1) is 9.86. The fourth-order valence-corrected chi connectivity index (χ4v) is 3.46. The Kier molecular flexibility index (Phi) is 6.34. The van der Waals surface area contributed by atoms with Crippen LogP contribution >= 0.6 is 12.4 Å². The Morgan fingerprint density at radius 1 is 1.14 bits per heavy atom. The van der Waals surface area contributed by atoms with Crippen molar-refractivity contribution >= 4 is 12.4 Å². The van der Waals surface area contributed by atoms with E-state index in [1.807, 2.05) is 0 Å². The van der Waals surface area contributed by atoms with Gasteiger partial charge in [-0.2, -0.15) is 0 Å². The summed E-state index contributed by atoms with van der Waals surface area (Å²) in [6, 6.07) is 10.2. The van der Waals surface area contributed by atoms with Gasteiger partial charge in [0.2, 0.25) is 0 Å². The Bertz CT molecular complexity index is 409. The van der Waals surface area contributed by atoms with Gasteiger partial charge in [0.1, 0.15) is 5.75 Å². The minimum absolute atomic E-state index is 0. The summed E-state index contributed by atoms with van der Waals surface area (Å²) in [4.78, 5) is 2.71. The molecule has 0 radical (unpaired) electrons. The number of hydrogen-bond acceptors (Lipinski definition) is 3. The van der Waals surface area contributed by atoms with Crippen LogP contribution in [0.3, 0.4) is 0 Å². The normalized spacial score (nSPS) is 25.2. The summed E-state index contributed by atoms with van der Waals surface area (Å²) in [6.07, 6.45) is 5.10. The van der Waals surface area contributed by atoms with Gasteiger partial charge in [0, 0.05) is 25.2 Å². The highest BCUT2D eigenvalue weighted by Crippen LogP contribution is 2.29. The monoisotopic (exact) mass is 310 g/mol. The van der Waals surface area contributed by atoms with Gasteiger partial charge in [-0.1, -0.05) is 19.1 Å². The van der Waals surface area contributed by atoms with Crippen molar-refractivity contribution in [1.29, 1.82) is 0 Å². The second kappa shape index (κ2) is 8.02. The minimum Gasteiger partial charge on any atom is -0.494 e. The maximum atomic E-state index is 5.65. The number of nitrogens with one attached hydrogen (secondary N) is 1. The lowest BCUT2D eigenvalue weighted by molar-refractivity contribution is 0.193. The summed E-state index contributed by atoms with van der Waals surface area (Å²) in [5, 5.41) is 3.57. The van der Waals surface area contributed by atoms with E-state index in [4.69, 9.17) is 4.74 Å². The summed E-state index contributed by atoms with van der Waals surface area (Å²) < 4.78 is 5.65. The van der Waals surface area contributed by atoms with Crippen molar-refractivity contribution in [2.45, 2.75) is 51.2 Å². The summed E-state index contributed by atoms with van der Waals surface area (Å²) in [7, 11) is 0. The molecule has 2 fully saturated rings. The molecule has 0 aliphatic carbocycles. The van der Waals surface area contributed by atoms with E-state index < -0.39 is 0 Å². The molecule has 2 atom stereocenters. The fraction of sp³-hybridized carbons (Fsp3) is 0.647. The van der Waals surface area contributed by atoms with E-state index in [1.54, 1.807) is 0 Å². The first-order valence-electron chi connectivity index (χ1n) is 8.05. The third kappa shape index (κ3) is 4.12.